The van der Waals surface area contributed by atoms with Gasteiger partial charge in [-0.1, -0.05) is 40.8 Å². The zero-order valence-corrected chi connectivity index (χ0v) is 23.2. The molecule has 0 fully saturated rings. The third-order valence-corrected chi connectivity index (χ3v) is 8.65. The number of carbonyl (C=O) groups excluding carboxylic acids is 3. The Hall–Kier alpha value is -4.11. The van der Waals surface area contributed by atoms with Crippen molar-refractivity contribution in [3.63, 3.8) is 0 Å². The summed E-state index contributed by atoms with van der Waals surface area (Å²) in [6, 6.07) is 0. The van der Waals surface area contributed by atoms with Crippen molar-refractivity contribution >= 4 is 17.5 Å². The lowest BCUT2D eigenvalue weighted by Crippen LogP contribution is -2.40. The highest BCUT2D eigenvalue weighted by molar-refractivity contribution is 5.99. The van der Waals surface area contributed by atoms with Crippen LogP contribution >= 0.6 is 0 Å². The predicted molar refractivity (Wildman–Crippen MR) is 148 cm³/mol. The average molecular weight is 533 g/mol. The topological polar surface area (TPSA) is 106 Å². The van der Waals surface area contributed by atoms with Crippen LogP contribution in [0.25, 0.3) is 9.69 Å². The van der Waals surface area contributed by atoms with Gasteiger partial charge in [-0.2, -0.15) is 10.2 Å². The number of aromatic nitrogens is 4. The van der Waals surface area contributed by atoms with Gasteiger partial charge in [0.05, 0.1) is 25.0 Å². The highest BCUT2D eigenvalue weighted by atomic mass is 16.2. The van der Waals surface area contributed by atoms with Gasteiger partial charge in [0, 0.05) is 45.2 Å². The molecule has 0 bridgehead atoms. The summed E-state index contributed by atoms with van der Waals surface area (Å²) < 4.78 is 12.9. The molecule has 0 aliphatic heterocycles. The van der Waals surface area contributed by atoms with E-state index in [1.807, 2.05) is 19.2 Å². The maximum atomic E-state index is 11.9. The fourth-order valence-corrected chi connectivity index (χ4v) is 6.41. The third kappa shape index (κ3) is 4.67. The van der Waals surface area contributed by atoms with Crippen LogP contribution in [0.3, 0.4) is 0 Å². The Morgan fingerprint density at radius 3 is 2.13 bits per heavy atom. The van der Waals surface area contributed by atoms with Crippen LogP contribution in [0.2, 0.25) is 0 Å². The Kier molecular flexibility index (Phi) is 7.18. The quantitative estimate of drug-likeness (QED) is 0.456. The molecule has 4 aliphatic carbocycles. The Morgan fingerprint density at radius 2 is 1.56 bits per heavy atom. The number of carbonyl (C=O) groups is 3. The summed E-state index contributed by atoms with van der Waals surface area (Å²) in [4.78, 5) is 41.8. The van der Waals surface area contributed by atoms with Gasteiger partial charge in [0.2, 0.25) is 17.3 Å². The fourth-order valence-electron chi connectivity index (χ4n) is 6.41. The molecule has 1 N–H and O–H groups in total. The number of nitrogens with one attached hydrogen (secondary N) is 1. The maximum absolute atomic E-state index is 11.9. The third-order valence-electron chi connectivity index (χ3n) is 8.65. The first-order valence-corrected chi connectivity index (χ1v) is 12.5. The van der Waals surface area contributed by atoms with Gasteiger partial charge in [0.1, 0.15) is 0 Å². The van der Waals surface area contributed by atoms with Crippen molar-refractivity contribution in [2.24, 2.45) is 11.8 Å². The van der Waals surface area contributed by atoms with Crippen molar-refractivity contribution < 1.29 is 17.1 Å². The highest BCUT2D eigenvalue weighted by Gasteiger charge is 2.46. The van der Waals surface area contributed by atoms with Crippen LogP contribution in [0.5, 0.6) is 0 Å². The summed E-state index contributed by atoms with van der Waals surface area (Å²) in [6.45, 7) is 19.8. The first-order valence-electron chi connectivity index (χ1n) is 14.5. The molecule has 0 aromatic carbocycles. The SMILES string of the molecule is [3H]C.[3H]C.[C-]#[N+]C1=C[C@]2(C)c3[nH]ncc3CC[C@H]2CC1=O.[C-]#[N+]C1=C[C@]2(C)c3nn(C(C)=O)cc3CC[C@H]2CC1=O. The van der Waals surface area contributed by atoms with Crippen LogP contribution in [-0.2, 0) is 33.3 Å². The molecule has 0 amide bonds. The van der Waals surface area contributed by atoms with Crippen molar-refractivity contribution in [2.45, 2.75) is 84.9 Å². The number of Topliss-reactive ketones (excluding diaryl/α,β-unsaturated/α-hetero) is 2. The Bertz CT molecular complexity index is 1490. The molecule has 9 heteroatoms. The van der Waals surface area contributed by atoms with Gasteiger partial charge in [0.15, 0.2) is 11.6 Å². The highest BCUT2D eigenvalue weighted by Crippen LogP contribution is 2.48. The molecule has 0 radical (unpaired) electrons. The minimum atomic E-state index is -0.415. The van der Waals surface area contributed by atoms with Gasteiger partial charge >= 0.3 is 0 Å². The molecule has 2 heterocycles. The standard InChI is InChI=1S/C15H15N3O2.C13H13N3O.2CH4/c1-9(19)18-8-10-4-5-11-6-13(20)12(16-3)7-15(11,2)14(10)17-18;1-13-6-10(14-2)11(17)5-9(13)4-3-8-7-15-16-12(8)13;;/h7-8,11H,4-6H2,1-2H3;6-7,9H,3-5H2,1H3,(H,15,16);2*1H4/t11-,15-;9-,13-;;/m00../s1/i;;2*1T. The van der Waals surface area contributed by atoms with Gasteiger partial charge in [-0.25, -0.2) is 14.4 Å². The predicted octanol–water partition coefficient (Wildman–Crippen LogP) is 5.42. The van der Waals surface area contributed by atoms with E-state index < -0.39 is 5.41 Å². The Morgan fingerprint density at radius 1 is 1.03 bits per heavy atom. The molecule has 0 unspecified atom stereocenters. The molecule has 204 valence electrons. The number of fused-ring (bicyclic) bond motifs is 6. The fraction of sp³-hybridized carbons (Fsp3) is 0.500. The lowest BCUT2D eigenvalue weighted by Gasteiger charge is -2.41. The molecular formula is C30H36N6O3. The molecule has 0 saturated carbocycles. The van der Waals surface area contributed by atoms with Crippen LogP contribution in [0, 0.1) is 25.0 Å². The largest absolute Gasteiger partial charge is 0.308 e. The summed E-state index contributed by atoms with van der Waals surface area (Å²) >= 11 is 0. The van der Waals surface area contributed by atoms with Gasteiger partial charge in [0.25, 0.3) is 0 Å². The molecule has 9 nitrogen and oxygen atoms in total. The lowest BCUT2D eigenvalue weighted by molar-refractivity contribution is -0.118. The van der Waals surface area contributed by atoms with Gasteiger partial charge < -0.3 is 9.59 Å². The number of ketones is 2. The van der Waals surface area contributed by atoms with Gasteiger partial charge in [-0.05, 0) is 48.6 Å². The molecule has 2 aromatic heterocycles. The summed E-state index contributed by atoms with van der Waals surface area (Å²) in [6.07, 6.45) is 11.8. The zero-order chi connectivity index (χ0) is 30.5. The second kappa shape index (κ2) is 10.6. The monoisotopic (exact) mass is 532 g/mol. The van der Waals surface area contributed by atoms with E-state index >= 15 is 0 Å². The summed E-state index contributed by atoms with van der Waals surface area (Å²) in [5.74, 6) is 0.264. The zero-order valence-electron chi connectivity index (χ0n) is 25.2. The van der Waals surface area contributed by atoms with E-state index in [9.17, 15) is 14.4 Å². The summed E-state index contributed by atoms with van der Waals surface area (Å²) in [7, 11) is 2.50. The summed E-state index contributed by atoms with van der Waals surface area (Å²) in [5, 5.41) is 11.5. The van der Waals surface area contributed by atoms with E-state index in [0.29, 0.717) is 18.8 Å². The van der Waals surface area contributed by atoms with Crippen LogP contribution in [0.1, 0.15) is 91.3 Å². The molecule has 39 heavy (non-hydrogen) atoms. The van der Waals surface area contributed by atoms with Crippen molar-refractivity contribution in [1.29, 1.82) is 0 Å². The number of aromatic amines is 1. The van der Waals surface area contributed by atoms with E-state index in [-0.39, 0.29) is 40.2 Å². The number of H-pyrrole nitrogens is 1. The minimum absolute atomic E-state index is 0.00885. The van der Waals surface area contributed by atoms with E-state index in [1.165, 1.54) is 32.0 Å². The summed E-state index contributed by atoms with van der Waals surface area (Å²) in [5.41, 5.74) is 4.05. The van der Waals surface area contributed by atoms with E-state index in [2.05, 4.69) is 31.9 Å². The number of nitrogens with zero attached hydrogens (tertiary/aromatic N) is 5. The lowest BCUT2D eigenvalue weighted by atomic mass is 9.62. The van der Waals surface area contributed by atoms with Crippen molar-refractivity contribution in [2.75, 3.05) is 0 Å². The van der Waals surface area contributed by atoms with Crippen molar-refractivity contribution in [3.05, 3.63) is 81.3 Å². The molecule has 4 aliphatic rings. The van der Waals surface area contributed by atoms with E-state index in [0.717, 1.165) is 42.6 Å². The molecular weight excluding hydrogens is 492 g/mol. The second-order valence-electron chi connectivity index (χ2n) is 10.8. The first kappa shape index (κ1) is 26.5. The number of hydrogen-bond acceptors (Lipinski definition) is 5. The average Bonchev–Trinajstić information content (AvgIpc) is 3.65. The minimum Gasteiger partial charge on any atom is -0.308 e. The van der Waals surface area contributed by atoms with Gasteiger partial charge in [-0.3, -0.25) is 9.89 Å². The Balaban J connectivity index is 0.000000203. The van der Waals surface area contributed by atoms with Crippen molar-refractivity contribution in [1.82, 2.24) is 20.0 Å². The Labute approximate surface area is 232 Å². The maximum Gasteiger partial charge on any atom is 0.243 e. The van der Waals surface area contributed by atoms with Gasteiger partial charge in [-0.15, -0.1) is 0 Å². The normalized spacial score (nSPS) is 28.4. The van der Waals surface area contributed by atoms with Crippen LogP contribution in [-0.4, -0.2) is 37.5 Å². The molecule has 4 atom stereocenters. The van der Waals surface area contributed by atoms with E-state index in [1.54, 1.807) is 12.3 Å². The number of rotatable bonds is 0. The van der Waals surface area contributed by atoms with Crippen molar-refractivity contribution in [3.8, 4) is 0 Å². The molecule has 6 rings (SSSR count). The van der Waals surface area contributed by atoms with Crippen LogP contribution < -0.4 is 0 Å². The smallest absolute Gasteiger partial charge is 0.243 e. The second-order valence-corrected chi connectivity index (χ2v) is 10.8. The number of hydrogen-bond donors (Lipinski definition) is 1. The molecule has 0 spiro atoms. The van der Waals surface area contributed by atoms with Crippen LogP contribution in [0.15, 0.2) is 35.9 Å². The first-order chi connectivity index (χ1) is 19.6. The number of aryl methyl sites for hydroxylation is 2. The van der Waals surface area contributed by atoms with E-state index in [4.69, 9.17) is 15.9 Å². The molecule has 2 aromatic rings. The number of allylic oxidation sites excluding steroid dienone is 4. The van der Waals surface area contributed by atoms with Crippen LogP contribution in [0.4, 0.5) is 0 Å². The molecule has 0 saturated heterocycles.